The summed E-state index contributed by atoms with van der Waals surface area (Å²) in [7, 11) is -1.23. The second-order valence-electron chi connectivity index (χ2n) is 12.5. The van der Waals surface area contributed by atoms with Crippen LogP contribution in [0.4, 0.5) is 0 Å². The van der Waals surface area contributed by atoms with Gasteiger partial charge in [-0.25, -0.2) is 0 Å². The van der Waals surface area contributed by atoms with Gasteiger partial charge in [-0.2, -0.15) is 11.3 Å². The predicted octanol–water partition coefficient (Wildman–Crippen LogP) is 10.6. The molecule has 3 heterocycles. The van der Waals surface area contributed by atoms with Crippen molar-refractivity contribution in [1.29, 1.82) is 0 Å². The number of hydrogen-bond acceptors (Lipinski definition) is 3. The van der Waals surface area contributed by atoms with Crippen LogP contribution in [0.3, 0.4) is 0 Å². The molecule has 0 amide bonds. The smallest absolute Gasteiger partial charge is 0.0795 e. The van der Waals surface area contributed by atoms with Gasteiger partial charge in [-0.3, -0.25) is 0 Å². The largest absolute Gasteiger partial charge is 0.305 e. The van der Waals surface area contributed by atoms with E-state index in [1.54, 1.807) is 0 Å². The molecular formula is C40H36IrN2SSi-2. The normalized spacial score (nSPS) is 11.2. The van der Waals surface area contributed by atoms with Crippen LogP contribution in [0.2, 0.25) is 19.6 Å². The Bertz CT molecular complexity index is 2060. The van der Waals surface area contributed by atoms with Crippen LogP contribution in [0, 0.1) is 32.9 Å². The molecule has 0 spiro atoms. The minimum absolute atomic E-state index is 0. The third-order valence-corrected chi connectivity index (χ3v) is 11.0. The van der Waals surface area contributed by atoms with Gasteiger partial charge >= 0.3 is 0 Å². The summed E-state index contributed by atoms with van der Waals surface area (Å²) in [5.74, 6) is 0. The molecule has 0 saturated carbocycles. The molecule has 0 unspecified atom stereocenters. The van der Waals surface area contributed by atoms with Crippen molar-refractivity contribution < 1.29 is 20.1 Å². The van der Waals surface area contributed by atoms with E-state index in [1.807, 2.05) is 60.1 Å². The summed E-state index contributed by atoms with van der Waals surface area (Å²) in [6, 6.07) is 40.8. The maximum atomic E-state index is 4.59. The van der Waals surface area contributed by atoms with Gasteiger partial charge in [-0.1, -0.05) is 90.2 Å². The molecule has 0 aliphatic rings. The number of pyridine rings is 2. The summed E-state index contributed by atoms with van der Waals surface area (Å²) in [4.78, 5) is 9.11. The van der Waals surface area contributed by atoms with Gasteiger partial charge in [0.05, 0.1) is 8.07 Å². The fourth-order valence-corrected chi connectivity index (χ4v) is 7.76. The van der Waals surface area contributed by atoms with E-state index in [1.165, 1.54) is 53.2 Å². The number of rotatable bonds is 4. The van der Waals surface area contributed by atoms with Gasteiger partial charge in [-0.15, -0.1) is 59.7 Å². The molecule has 2 nitrogen and oxygen atoms in total. The first kappa shape index (κ1) is 32.7. The zero-order chi connectivity index (χ0) is 30.8. The molecule has 0 bridgehead atoms. The van der Waals surface area contributed by atoms with Crippen LogP contribution >= 0.6 is 11.3 Å². The first-order valence-electron chi connectivity index (χ1n) is 15.0. The van der Waals surface area contributed by atoms with Gasteiger partial charge in [0, 0.05) is 37.2 Å². The Hall–Kier alpha value is -3.73. The van der Waals surface area contributed by atoms with Gasteiger partial charge in [0.15, 0.2) is 0 Å². The van der Waals surface area contributed by atoms with Crippen molar-refractivity contribution in [2.24, 2.45) is 0 Å². The Morgan fingerprint density at radius 1 is 0.644 bits per heavy atom. The van der Waals surface area contributed by atoms with Gasteiger partial charge in [0.1, 0.15) is 0 Å². The van der Waals surface area contributed by atoms with Crippen molar-refractivity contribution in [3.8, 4) is 33.6 Å². The van der Waals surface area contributed by atoms with Crippen LogP contribution in [-0.2, 0) is 20.1 Å². The molecule has 7 rings (SSSR count). The van der Waals surface area contributed by atoms with Crippen LogP contribution in [0.1, 0.15) is 16.7 Å². The topological polar surface area (TPSA) is 25.8 Å². The number of aromatic nitrogens is 2. The van der Waals surface area contributed by atoms with Crippen LogP contribution in [0.25, 0.3) is 53.8 Å². The van der Waals surface area contributed by atoms with E-state index in [4.69, 9.17) is 0 Å². The minimum atomic E-state index is -1.23. The maximum Gasteiger partial charge on any atom is 0.0795 e. The zero-order valence-electron chi connectivity index (χ0n) is 26.5. The predicted molar refractivity (Wildman–Crippen MR) is 193 cm³/mol. The second-order valence-corrected chi connectivity index (χ2v) is 18.6. The van der Waals surface area contributed by atoms with Crippen LogP contribution in [-0.4, -0.2) is 18.0 Å². The average Bonchev–Trinajstić information content (AvgIpc) is 3.39. The Labute approximate surface area is 285 Å². The minimum Gasteiger partial charge on any atom is -0.305 e. The summed E-state index contributed by atoms with van der Waals surface area (Å²) >= 11 is 1.83. The fraction of sp³-hybridized carbons (Fsp3) is 0.150. The summed E-state index contributed by atoms with van der Waals surface area (Å²) in [5.41, 5.74) is 10.5. The molecule has 4 aromatic carbocycles. The third-order valence-electron chi connectivity index (χ3n) is 7.77. The molecule has 227 valence electrons. The number of thiophene rings is 1. The quantitative estimate of drug-likeness (QED) is 0.131. The number of fused-ring (bicyclic) bond motifs is 3. The molecule has 0 N–H and O–H groups in total. The summed E-state index contributed by atoms with van der Waals surface area (Å²) in [6.45, 7) is 13.4. The van der Waals surface area contributed by atoms with Gasteiger partial charge in [0.2, 0.25) is 0 Å². The summed E-state index contributed by atoms with van der Waals surface area (Å²) in [6.07, 6.45) is 3.89. The molecule has 0 atom stereocenters. The van der Waals surface area contributed by atoms with Crippen molar-refractivity contribution in [3.63, 3.8) is 0 Å². The van der Waals surface area contributed by atoms with Gasteiger partial charge < -0.3 is 9.97 Å². The molecule has 0 aliphatic carbocycles. The van der Waals surface area contributed by atoms with Crippen molar-refractivity contribution in [2.45, 2.75) is 40.4 Å². The molecule has 0 saturated heterocycles. The van der Waals surface area contributed by atoms with E-state index in [-0.39, 0.29) is 20.1 Å². The Balaban J connectivity index is 0.000000202. The van der Waals surface area contributed by atoms with Crippen LogP contribution in [0.5, 0.6) is 0 Å². The van der Waals surface area contributed by atoms with E-state index in [9.17, 15) is 0 Å². The van der Waals surface area contributed by atoms with Crippen LogP contribution < -0.4 is 5.19 Å². The molecule has 1 radical (unpaired) electrons. The molecule has 45 heavy (non-hydrogen) atoms. The van der Waals surface area contributed by atoms with Crippen molar-refractivity contribution in [3.05, 3.63) is 138 Å². The molecule has 0 aliphatic heterocycles. The van der Waals surface area contributed by atoms with Crippen LogP contribution in [0.15, 0.2) is 109 Å². The molecule has 7 aromatic rings. The van der Waals surface area contributed by atoms with E-state index >= 15 is 0 Å². The van der Waals surface area contributed by atoms with E-state index in [2.05, 4.69) is 123 Å². The van der Waals surface area contributed by atoms with Gasteiger partial charge in [-0.05, 0) is 70.7 Å². The maximum absolute atomic E-state index is 4.59. The first-order chi connectivity index (χ1) is 21.2. The summed E-state index contributed by atoms with van der Waals surface area (Å²) in [5, 5.41) is 3.98. The number of hydrogen-bond donors (Lipinski definition) is 0. The Morgan fingerprint density at radius 3 is 2.11 bits per heavy atom. The number of aryl methyl sites for hydroxylation is 3. The molecule has 0 fully saturated rings. The van der Waals surface area contributed by atoms with E-state index < -0.39 is 8.07 Å². The van der Waals surface area contributed by atoms with Gasteiger partial charge in [0.25, 0.3) is 0 Å². The van der Waals surface area contributed by atoms with E-state index in [0.29, 0.717) is 0 Å². The SMILES string of the molecule is C[Si](C)(C)c1ccc(-c2[c-]cccc2)nc1.Cc1cc(C)cc(-c2ccc3c(c2)sc2c(-c4cc(C)ccn4)[c-]ccc23)c1.[Ir]. The average molecular weight is 797 g/mol. The molecule has 3 aromatic heterocycles. The van der Waals surface area contributed by atoms with E-state index in [0.717, 1.165) is 22.5 Å². The zero-order valence-corrected chi connectivity index (χ0v) is 30.7. The number of nitrogens with zero attached hydrogens (tertiary/aromatic N) is 2. The third kappa shape index (κ3) is 7.40. The Morgan fingerprint density at radius 2 is 1.44 bits per heavy atom. The Kier molecular flexibility index (Phi) is 9.96. The fourth-order valence-electron chi connectivity index (χ4n) is 5.48. The van der Waals surface area contributed by atoms with Crippen molar-refractivity contribution in [2.75, 3.05) is 0 Å². The number of benzene rings is 4. The monoisotopic (exact) mass is 797 g/mol. The van der Waals surface area contributed by atoms with Crippen molar-refractivity contribution >= 4 is 44.8 Å². The van der Waals surface area contributed by atoms with Crippen molar-refractivity contribution in [1.82, 2.24) is 9.97 Å². The summed E-state index contributed by atoms with van der Waals surface area (Å²) < 4.78 is 2.56. The standard InChI is InChI=1S/C26H20NS.C14H16NSi.Ir/c1-16-9-10-27-24(14-16)23-6-4-5-22-21-8-7-19(15-25(21)28-26(22)23)20-12-17(2)11-18(3)13-20;1-16(2,3)13-9-10-14(15-11-13)12-7-5-4-6-8-12;/h4-5,7-15H,1-3H3;4-7,9-11H,1-3H3;/q2*-1;. The first-order valence-corrected chi connectivity index (χ1v) is 19.3. The molecular weight excluding hydrogens is 761 g/mol. The molecule has 5 heteroatoms. The second kappa shape index (κ2) is 13.7.